The number of pyridine rings is 1. The van der Waals surface area contributed by atoms with E-state index in [9.17, 15) is 4.79 Å². The second-order valence-electron chi connectivity index (χ2n) is 8.48. The maximum atomic E-state index is 13.0. The Morgan fingerprint density at radius 2 is 1.76 bits per heavy atom. The molecule has 0 radical (unpaired) electrons. The average molecular weight is 467 g/mol. The molecule has 3 aromatic carbocycles. The van der Waals surface area contributed by atoms with Crippen molar-refractivity contribution >= 4 is 17.7 Å². The van der Waals surface area contributed by atoms with Crippen LogP contribution in [-0.4, -0.2) is 18.0 Å². The lowest BCUT2D eigenvalue weighted by atomic mass is 9.78. The van der Waals surface area contributed by atoms with E-state index in [-0.39, 0.29) is 17.7 Å². The molecule has 5 rings (SSSR count). The van der Waals surface area contributed by atoms with Gasteiger partial charge in [0.25, 0.3) is 5.91 Å². The molecule has 1 aliphatic rings. The maximum absolute atomic E-state index is 13.0. The number of nitrogens with zero attached hydrogens (tertiary/aromatic N) is 1. The van der Waals surface area contributed by atoms with Crippen LogP contribution in [0.4, 0.5) is 0 Å². The fourth-order valence-electron chi connectivity index (χ4n) is 4.60. The Morgan fingerprint density at radius 3 is 2.53 bits per heavy atom. The van der Waals surface area contributed by atoms with Gasteiger partial charge in [-0.2, -0.15) is 0 Å². The van der Waals surface area contributed by atoms with Crippen LogP contribution in [-0.2, 0) is 6.54 Å². The number of benzene rings is 3. The highest BCUT2D eigenvalue weighted by Crippen LogP contribution is 2.50. The zero-order valence-corrected chi connectivity index (χ0v) is 20.0. The lowest BCUT2D eigenvalue weighted by molar-refractivity contribution is 0.0950. The first-order valence-corrected chi connectivity index (χ1v) is 12.2. The molecule has 0 saturated carbocycles. The van der Waals surface area contributed by atoms with Gasteiger partial charge in [-0.05, 0) is 70.6 Å². The van der Waals surface area contributed by atoms with E-state index < -0.39 is 0 Å². The SMILES string of the molecule is COc1ccc(C2c3ccccc3Sc3ccc(C(=O)NCc4cccnc4)cc3C2C)cc1. The van der Waals surface area contributed by atoms with E-state index in [0.29, 0.717) is 12.1 Å². The van der Waals surface area contributed by atoms with Gasteiger partial charge in [-0.25, -0.2) is 0 Å². The van der Waals surface area contributed by atoms with Crippen LogP contribution >= 0.6 is 11.8 Å². The van der Waals surface area contributed by atoms with Crippen LogP contribution in [0.25, 0.3) is 0 Å². The number of carbonyl (C=O) groups excluding carboxylic acids is 1. The molecule has 0 bridgehead atoms. The van der Waals surface area contributed by atoms with Crippen LogP contribution in [0.15, 0.2) is 101 Å². The van der Waals surface area contributed by atoms with Crippen molar-refractivity contribution in [3.8, 4) is 5.75 Å². The van der Waals surface area contributed by atoms with Crippen LogP contribution in [0.2, 0.25) is 0 Å². The van der Waals surface area contributed by atoms with Gasteiger partial charge in [-0.15, -0.1) is 0 Å². The average Bonchev–Trinajstić information content (AvgIpc) is 3.01. The minimum Gasteiger partial charge on any atom is -0.497 e. The topological polar surface area (TPSA) is 51.2 Å². The van der Waals surface area contributed by atoms with E-state index in [1.807, 2.05) is 30.3 Å². The number of ether oxygens (including phenoxy) is 1. The second-order valence-corrected chi connectivity index (χ2v) is 9.56. The third-order valence-corrected chi connectivity index (χ3v) is 7.57. The number of amides is 1. The number of hydrogen-bond donors (Lipinski definition) is 1. The number of nitrogens with one attached hydrogen (secondary N) is 1. The summed E-state index contributed by atoms with van der Waals surface area (Å²) in [5.74, 6) is 1.13. The van der Waals surface area contributed by atoms with Crippen molar-refractivity contribution in [2.45, 2.75) is 35.1 Å². The van der Waals surface area contributed by atoms with E-state index in [0.717, 1.165) is 11.3 Å². The number of rotatable bonds is 5. The number of aromatic nitrogens is 1. The zero-order valence-electron chi connectivity index (χ0n) is 19.2. The summed E-state index contributed by atoms with van der Waals surface area (Å²) in [4.78, 5) is 19.6. The normalized spacial score (nSPS) is 16.6. The van der Waals surface area contributed by atoms with Crippen molar-refractivity contribution < 1.29 is 9.53 Å². The quantitative estimate of drug-likeness (QED) is 0.369. The molecular weight excluding hydrogens is 440 g/mol. The second kappa shape index (κ2) is 9.74. The van der Waals surface area contributed by atoms with E-state index in [4.69, 9.17) is 4.74 Å². The first-order chi connectivity index (χ1) is 16.6. The molecule has 1 aliphatic heterocycles. The molecule has 2 unspecified atom stereocenters. The monoisotopic (exact) mass is 466 g/mol. The van der Waals surface area contributed by atoms with Crippen LogP contribution in [0.5, 0.6) is 5.75 Å². The van der Waals surface area contributed by atoms with Crippen LogP contribution in [0.1, 0.15) is 51.4 Å². The molecule has 0 fully saturated rings. The molecule has 2 heterocycles. The number of methoxy groups -OCH3 is 1. The van der Waals surface area contributed by atoms with Gasteiger partial charge in [-0.3, -0.25) is 9.78 Å². The minimum atomic E-state index is -0.0772. The third kappa shape index (κ3) is 4.44. The smallest absolute Gasteiger partial charge is 0.251 e. The van der Waals surface area contributed by atoms with Gasteiger partial charge in [-0.1, -0.05) is 55.1 Å². The van der Waals surface area contributed by atoms with Gasteiger partial charge in [0.15, 0.2) is 0 Å². The summed E-state index contributed by atoms with van der Waals surface area (Å²) in [6.45, 7) is 2.71. The predicted molar refractivity (Wildman–Crippen MR) is 136 cm³/mol. The summed E-state index contributed by atoms with van der Waals surface area (Å²) < 4.78 is 5.38. The van der Waals surface area contributed by atoms with Crippen molar-refractivity contribution in [1.82, 2.24) is 10.3 Å². The van der Waals surface area contributed by atoms with Gasteiger partial charge in [0.2, 0.25) is 0 Å². The predicted octanol–water partition coefficient (Wildman–Crippen LogP) is 6.42. The number of carbonyl (C=O) groups is 1. The molecule has 4 aromatic rings. The number of hydrogen-bond acceptors (Lipinski definition) is 4. The third-order valence-electron chi connectivity index (χ3n) is 6.39. The molecule has 34 heavy (non-hydrogen) atoms. The molecule has 4 nitrogen and oxygen atoms in total. The van der Waals surface area contributed by atoms with Crippen molar-refractivity contribution in [2.75, 3.05) is 7.11 Å². The molecule has 1 amide bonds. The first-order valence-electron chi connectivity index (χ1n) is 11.4. The number of fused-ring (bicyclic) bond motifs is 2. The highest BCUT2D eigenvalue weighted by molar-refractivity contribution is 7.99. The Hall–Kier alpha value is -3.57. The summed E-state index contributed by atoms with van der Waals surface area (Å²) in [5.41, 5.74) is 5.39. The summed E-state index contributed by atoms with van der Waals surface area (Å²) in [7, 11) is 1.69. The van der Waals surface area contributed by atoms with E-state index in [1.54, 1.807) is 31.3 Å². The molecular formula is C29H26N2O2S. The molecule has 1 aromatic heterocycles. The van der Waals surface area contributed by atoms with Crippen LogP contribution in [0, 0.1) is 0 Å². The van der Waals surface area contributed by atoms with Gasteiger partial charge in [0, 0.05) is 40.2 Å². The van der Waals surface area contributed by atoms with Gasteiger partial charge >= 0.3 is 0 Å². The summed E-state index contributed by atoms with van der Waals surface area (Å²) >= 11 is 1.78. The standard InChI is InChI=1S/C29H26N2O2S/c1-19-25-16-22(29(32)31-18-20-6-5-15-30-17-20)11-14-27(25)34-26-8-4-3-7-24(26)28(19)21-9-12-23(33-2)13-10-21/h3-17,19,28H,18H2,1-2H3,(H,31,32). The molecule has 0 aliphatic carbocycles. The Balaban J connectivity index is 1.50. The van der Waals surface area contributed by atoms with Crippen LogP contribution in [0.3, 0.4) is 0 Å². The fourth-order valence-corrected chi connectivity index (χ4v) is 5.80. The highest BCUT2D eigenvalue weighted by Gasteiger charge is 2.30. The van der Waals surface area contributed by atoms with E-state index in [2.05, 4.69) is 65.8 Å². The largest absolute Gasteiger partial charge is 0.497 e. The van der Waals surface area contributed by atoms with Crippen LogP contribution < -0.4 is 10.1 Å². The molecule has 2 atom stereocenters. The van der Waals surface area contributed by atoms with Gasteiger partial charge in [0.05, 0.1) is 7.11 Å². The molecule has 0 spiro atoms. The zero-order chi connectivity index (χ0) is 23.5. The fraction of sp³-hybridized carbons (Fsp3) is 0.172. The van der Waals surface area contributed by atoms with Gasteiger partial charge < -0.3 is 10.1 Å². The summed E-state index contributed by atoms with van der Waals surface area (Å²) in [5, 5.41) is 3.03. The summed E-state index contributed by atoms with van der Waals surface area (Å²) in [6.07, 6.45) is 3.50. The highest BCUT2D eigenvalue weighted by atomic mass is 32.2. The van der Waals surface area contributed by atoms with Crippen molar-refractivity contribution in [2.24, 2.45) is 0 Å². The Morgan fingerprint density at radius 1 is 0.971 bits per heavy atom. The van der Waals surface area contributed by atoms with E-state index in [1.165, 1.54) is 26.5 Å². The van der Waals surface area contributed by atoms with Gasteiger partial charge in [0.1, 0.15) is 5.75 Å². The Kier molecular flexibility index (Phi) is 6.37. The van der Waals surface area contributed by atoms with Crippen molar-refractivity contribution in [3.05, 3.63) is 119 Å². The maximum Gasteiger partial charge on any atom is 0.251 e. The van der Waals surface area contributed by atoms with E-state index >= 15 is 0 Å². The lowest BCUT2D eigenvalue weighted by Crippen LogP contribution is -2.23. The molecule has 0 saturated heterocycles. The van der Waals surface area contributed by atoms with Crippen molar-refractivity contribution in [3.63, 3.8) is 0 Å². The molecule has 170 valence electrons. The lowest BCUT2D eigenvalue weighted by Gasteiger charge is -2.25. The Labute approximate surface area is 204 Å². The van der Waals surface area contributed by atoms with Crippen molar-refractivity contribution in [1.29, 1.82) is 0 Å². The first kappa shape index (κ1) is 22.2. The molecule has 1 N–H and O–H groups in total. The minimum absolute atomic E-state index is 0.0772. The molecule has 5 heteroatoms. The Bertz CT molecular complexity index is 1310. The summed E-state index contributed by atoms with van der Waals surface area (Å²) in [6, 6.07) is 26.9.